The summed E-state index contributed by atoms with van der Waals surface area (Å²) in [5.41, 5.74) is 6.17. The zero-order valence-corrected chi connectivity index (χ0v) is 12.6. The van der Waals surface area contributed by atoms with Gasteiger partial charge in [0.25, 0.3) is 5.91 Å². The van der Waals surface area contributed by atoms with E-state index in [0.717, 1.165) is 25.7 Å². The van der Waals surface area contributed by atoms with Gasteiger partial charge < -0.3 is 20.8 Å². The van der Waals surface area contributed by atoms with Crippen LogP contribution in [0.3, 0.4) is 0 Å². The van der Waals surface area contributed by atoms with Crippen LogP contribution in [-0.4, -0.2) is 51.7 Å². The summed E-state index contributed by atoms with van der Waals surface area (Å²) in [6.07, 6.45) is 4.79. The number of carbonyl (C=O) groups is 2. The van der Waals surface area contributed by atoms with Crippen molar-refractivity contribution >= 4 is 11.9 Å². The summed E-state index contributed by atoms with van der Waals surface area (Å²) in [6, 6.07) is -1.55. The first-order valence-corrected chi connectivity index (χ1v) is 7.94. The summed E-state index contributed by atoms with van der Waals surface area (Å²) >= 11 is 0. The maximum atomic E-state index is 12.2. The van der Waals surface area contributed by atoms with Crippen molar-refractivity contribution in [3.63, 3.8) is 0 Å². The monoisotopic (exact) mass is 298 g/mol. The number of likely N-dealkylation sites (tertiary alicyclic amines) is 1. The highest BCUT2D eigenvalue weighted by atomic mass is 16.4. The van der Waals surface area contributed by atoms with Crippen molar-refractivity contribution in [2.45, 2.75) is 63.6 Å². The maximum absolute atomic E-state index is 12.2. The highest BCUT2D eigenvalue weighted by Crippen LogP contribution is 2.37. The molecule has 6 heteroatoms. The predicted octanol–water partition coefficient (Wildman–Crippen LogP) is 0.577. The molecule has 1 aliphatic heterocycles. The Hall–Kier alpha value is -1.14. The SMILES string of the molecule is CCC(O)C(=O)N1CC(C2CCCCC2)[C@H](N)[C@H]1C(=O)O. The molecule has 1 amide bonds. The first-order valence-electron chi connectivity index (χ1n) is 7.94. The zero-order valence-electron chi connectivity index (χ0n) is 12.6. The normalized spacial score (nSPS) is 32.1. The van der Waals surface area contributed by atoms with E-state index in [9.17, 15) is 19.8 Å². The molecule has 2 rings (SSSR count). The minimum absolute atomic E-state index is 0.0272. The van der Waals surface area contributed by atoms with E-state index in [-0.39, 0.29) is 12.3 Å². The molecule has 21 heavy (non-hydrogen) atoms. The third-order valence-corrected chi connectivity index (χ3v) is 5.07. The van der Waals surface area contributed by atoms with Gasteiger partial charge in [-0.05, 0) is 18.3 Å². The van der Waals surface area contributed by atoms with E-state index in [1.807, 2.05) is 0 Å². The van der Waals surface area contributed by atoms with Crippen LogP contribution in [0.4, 0.5) is 0 Å². The Morgan fingerprint density at radius 3 is 2.43 bits per heavy atom. The molecule has 0 bridgehead atoms. The molecule has 120 valence electrons. The summed E-state index contributed by atoms with van der Waals surface area (Å²) in [7, 11) is 0. The fourth-order valence-electron chi connectivity index (χ4n) is 3.82. The third-order valence-electron chi connectivity index (χ3n) is 5.07. The summed E-state index contributed by atoms with van der Waals surface area (Å²) in [5, 5.41) is 19.2. The first-order chi connectivity index (χ1) is 9.97. The smallest absolute Gasteiger partial charge is 0.328 e. The Bertz CT molecular complexity index is 395. The Labute approximate surface area is 125 Å². The van der Waals surface area contributed by atoms with Gasteiger partial charge in [0.05, 0.1) is 0 Å². The number of rotatable bonds is 4. The highest BCUT2D eigenvalue weighted by Gasteiger charge is 2.49. The van der Waals surface area contributed by atoms with Crippen LogP contribution >= 0.6 is 0 Å². The quantitative estimate of drug-likeness (QED) is 0.704. The van der Waals surface area contributed by atoms with Crippen LogP contribution in [-0.2, 0) is 9.59 Å². The topological polar surface area (TPSA) is 104 Å². The number of carboxylic acids is 1. The molecule has 1 saturated heterocycles. The van der Waals surface area contributed by atoms with Crippen LogP contribution in [0.15, 0.2) is 0 Å². The molecule has 4 atom stereocenters. The van der Waals surface area contributed by atoms with Gasteiger partial charge in [-0.3, -0.25) is 4.79 Å². The summed E-state index contributed by atoms with van der Waals surface area (Å²) in [6.45, 7) is 2.06. The molecule has 0 aromatic rings. The fraction of sp³-hybridized carbons (Fsp3) is 0.867. The van der Waals surface area contributed by atoms with E-state index >= 15 is 0 Å². The number of aliphatic carboxylic acids is 1. The number of carboxylic acid groups (broad SMARTS) is 1. The number of carbonyl (C=O) groups excluding carboxylic acids is 1. The van der Waals surface area contributed by atoms with Crippen molar-refractivity contribution in [2.24, 2.45) is 17.6 Å². The molecule has 6 nitrogen and oxygen atoms in total. The number of hydrogen-bond acceptors (Lipinski definition) is 4. The molecular weight excluding hydrogens is 272 g/mol. The molecule has 0 aromatic carbocycles. The largest absolute Gasteiger partial charge is 0.480 e. The highest BCUT2D eigenvalue weighted by molar-refractivity contribution is 5.87. The lowest BCUT2D eigenvalue weighted by Crippen LogP contribution is -2.51. The molecule has 2 unspecified atom stereocenters. The molecule has 2 fully saturated rings. The molecule has 2 aliphatic rings. The molecule has 0 aromatic heterocycles. The van der Waals surface area contributed by atoms with Crippen LogP contribution in [0.1, 0.15) is 45.4 Å². The second-order valence-corrected chi connectivity index (χ2v) is 6.34. The molecule has 0 radical (unpaired) electrons. The van der Waals surface area contributed by atoms with Gasteiger partial charge in [0.1, 0.15) is 12.1 Å². The number of aliphatic hydroxyl groups is 1. The van der Waals surface area contributed by atoms with E-state index in [1.54, 1.807) is 6.92 Å². The van der Waals surface area contributed by atoms with Crippen molar-refractivity contribution in [1.82, 2.24) is 4.90 Å². The van der Waals surface area contributed by atoms with Crippen molar-refractivity contribution < 1.29 is 19.8 Å². The van der Waals surface area contributed by atoms with Crippen LogP contribution < -0.4 is 5.73 Å². The maximum Gasteiger partial charge on any atom is 0.328 e. The number of amides is 1. The number of aliphatic hydroxyl groups excluding tert-OH is 1. The zero-order chi connectivity index (χ0) is 15.6. The van der Waals surface area contributed by atoms with Crippen LogP contribution in [0.2, 0.25) is 0 Å². The van der Waals surface area contributed by atoms with Crippen LogP contribution in [0.5, 0.6) is 0 Å². The van der Waals surface area contributed by atoms with Crippen molar-refractivity contribution in [3.05, 3.63) is 0 Å². The Morgan fingerprint density at radius 1 is 1.29 bits per heavy atom. The van der Waals surface area contributed by atoms with E-state index in [1.165, 1.54) is 11.3 Å². The third kappa shape index (κ3) is 3.21. The van der Waals surface area contributed by atoms with Gasteiger partial charge in [0.15, 0.2) is 0 Å². The average molecular weight is 298 g/mol. The second kappa shape index (κ2) is 6.75. The Morgan fingerprint density at radius 2 is 1.90 bits per heavy atom. The number of hydrogen-bond donors (Lipinski definition) is 3. The molecule has 1 saturated carbocycles. The molecule has 4 N–H and O–H groups in total. The Kier molecular flexibility index (Phi) is 5.22. The molecule has 0 spiro atoms. The van der Waals surface area contributed by atoms with Gasteiger partial charge in [0, 0.05) is 12.6 Å². The van der Waals surface area contributed by atoms with Gasteiger partial charge in [-0.2, -0.15) is 0 Å². The lowest BCUT2D eigenvalue weighted by molar-refractivity contribution is -0.152. The number of nitrogens with two attached hydrogens (primary N) is 1. The molecule has 1 heterocycles. The second-order valence-electron chi connectivity index (χ2n) is 6.34. The summed E-state index contributed by atoms with van der Waals surface area (Å²) < 4.78 is 0. The summed E-state index contributed by atoms with van der Waals surface area (Å²) in [4.78, 5) is 25.0. The lowest BCUT2D eigenvalue weighted by atomic mass is 9.77. The van der Waals surface area contributed by atoms with Gasteiger partial charge in [-0.1, -0.05) is 39.0 Å². The van der Waals surface area contributed by atoms with Gasteiger partial charge in [-0.25, -0.2) is 4.79 Å². The van der Waals surface area contributed by atoms with Gasteiger partial charge >= 0.3 is 5.97 Å². The number of nitrogens with zero attached hydrogens (tertiary/aromatic N) is 1. The van der Waals surface area contributed by atoms with Gasteiger partial charge in [-0.15, -0.1) is 0 Å². The van der Waals surface area contributed by atoms with E-state index in [4.69, 9.17) is 5.73 Å². The van der Waals surface area contributed by atoms with Crippen molar-refractivity contribution in [2.75, 3.05) is 6.54 Å². The van der Waals surface area contributed by atoms with Crippen LogP contribution in [0.25, 0.3) is 0 Å². The van der Waals surface area contributed by atoms with E-state index in [2.05, 4.69) is 0 Å². The van der Waals surface area contributed by atoms with E-state index < -0.39 is 30.1 Å². The molecular formula is C15H26N2O4. The van der Waals surface area contributed by atoms with E-state index in [0.29, 0.717) is 12.5 Å². The minimum Gasteiger partial charge on any atom is -0.480 e. The lowest BCUT2D eigenvalue weighted by Gasteiger charge is -2.29. The van der Waals surface area contributed by atoms with Crippen LogP contribution in [0, 0.1) is 11.8 Å². The molecule has 1 aliphatic carbocycles. The standard InChI is InChI=1S/C15H26N2O4/c1-2-11(18)14(19)17-8-10(9-6-4-3-5-7-9)12(16)13(17)15(20)21/h9-13,18H,2-8,16H2,1H3,(H,20,21)/t10?,11?,12-,13-/m0/s1. The minimum atomic E-state index is -1.14. The Balaban J connectivity index is 2.16. The predicted molar refractivity (Wildman–Crippen MR) is 77.5 cm³/mol. The van der Waals surface area contributed by atoms with Crippen molar-refractivity contribution in [1.29, 1.82) is 0 Å². The first kappa shape index (κ1) is 16.2. The fourth-order valence-corrected chi connectivity index (χ4v) is 3.82. The summed E-state index contributed by atoms with van der Waals surface area (Å²) in [5.74, 6) is -1.15. The average Bonchev–Trinajstić information content (AvgIpc) is 2.84. The van der Waals surface area contributed by atoms with Crippen molar-refractivity contribution in [3.8, 4) is 0 Å². The van der Waals surface area contributed by atoms with Gasteiger partial charge in [0.2, 0.25) is 0 Å².